The minimum Gasteiger partial charge on any atom is -0.367 e. The van der Waals surface area contributed by atoms with Gasteiger partial charge in [0.15, 0.2) is 0 Å². The summed E-state index contributed by atoms with van der Waals surface area (Å²) in [5.74, 6) is 1.000. The smallest absolute Gasteiger partial charge is 0.121 e. The third-order valence-electron chi connectivity index (χ3n) is 6.10. The summed E-state index contributed by atoms with van der Waals surface area (Å²) in [6.07, 6.45) is 5.39. The number of hydrogen-bond acceptors (Lipinski definition) is 5. The Kier molecular flexibility index (Phi) is 4.74. The zero-order valence-electron chi connectivity index (χ0n) is 16.5. The van der Waals surface area contributed by atoms with E-state index in [1.165, 1.54) is 23.4 Å². The van der Waals surface area contributed by atoms with E-state index < -0.39 is 0 Å². The largest absolute Gasteiger partial charge is 0.367 e. The Morgan fingerprint density at radius 2 is 2.04 bits per heavy atom. The number of aromatic amines is 1. The number of para-hydroxylation sites is 1. The Morgan fingerprint density at radius 3 is 2.93 bits per heavy atom. The highest BCUT2D eigenvalue weighted by Gasteiger charge is 2.22. The summed E-state index contributed by atoms with van der Waals surface area (Å²) in [4.78, 5) is 17.9. The van der Waals surface area contributed by atoms with Crippen LogP contribution in [-0.2, 0) is 13.0 Å². The summed E-state index contributed by atoms with van der Waals surface area (Å²) >= 11 is 0. The van der Waals surface area contributed by atoms with Gasteiger partial charge in [0.25, 0.3) is 0 Å². The van der Waals surface area contributed by atoms with Gasteiger partial charge in [-0.3, -0.25) is 4.98 Å². The molecule has 3 aromatic rings. The van der Waals surface area contributed by atoms with Crippen molar-refractivity contribution >= 4 is 16.7 Å². The molecule has 6 heteroatoms. The zero-order chi connectivity index (χ0) is 18.9. The van der Waals surface area contributed by atoms with Gasteiger partial charge in [-0.2, -0.15) is 0 Å². The number of piperazine rings is 1. The second-order valence-corrected chi connectivity index (χ2v) is 8.02. The van der Waals surface area contributed by atoms with E-state index in [1.54, 1.807) is 0 Å². The number of imidazole rings is 1. The number of hydrogen-bond donors (Lipinski definition) is 2. The Balaban J connectivity index is 1.34. The fourth-order valence-electron chi connectivity index (χ4n) is 4.48. The highest BCUT2D eigenvalue weighted by molar-refractivity contribution is 5.89. The highest BCUT2D eigenvalue weighted by Crippen LogP contribution is 2.29. The van der Waals surface area contributed by atoms with Crippen LogP contribution < -0.4 is 10.2 Å². The first-order valence-electron chi connectivity index (χ1n) is 10.4. The Labute approximate surface area is 166 Å². The molecule has 2 N–H and O–H groups in total. The second-order valence-electron chi connectivity index (χ2n) is 8.02. The molecule has 0 bridgehead atoms. The van der Waals surface area contributed by atoms with Crippen LogP contribution in [0, 0.1) is 0 Å². The molecule has 6 nitrogen and oxygen atoms in total. The molecule has 146 valence electrons. The van der Waals surface area contributed by atoms with Gasteiger partial charge in [-0.1, -0.05) is 12.1 Å². The lowest BCUT2D eigenvalue weighted by atomic mass is 9.92. The van der Waals surface area contributed by atoms with E-state index in [4.69, 9.17) is 4.98 Å². The van der Waals surface area contributed by atoms with Crippen LogP contribution in [0.5, 0.6) is 0 Å². The van der Waals surface area contributed by atoms with Crippen LogP contribution in [-0.4, -0.2) is 53.1 Å². The molecule has 1 atom stereocenters. The summed E-state index contributed by atoms with van der Waals surface area (Å²) < 4.78 is 0. The van der Waals surface area contributed by atoms with Crippen molar-refractivity contribution in [1.29, 1.82) is 0 Å². The molecular formula is C22H28N6. The summed E-state index contributed by atoms with van der Waals surface area (Å²) in [5, 5.41) is 3.68. The highest BCUT2D eigenvalue weighted by atomic mass is 15.3. The van der Waals surface area contributed by atoms with Gasteiger partial charge < -0.3 is 20.1 Å². The van der Waals surface area contributed by atoms with Crippen molar-refractivity contribution < 1.29 is 0 Å². The molecule has 2 aliphatic rings. The van der Waals surface area contributed by atoms with E-state index in [1.807, 2.05) is 12.3 Å². The van der Waals surface area contributed by atoms with Crippen molar-refractivity contribution in [3.05, 3.63) is 53.6 Å². The Hall–Kier alpha value is -2.44. The molecule has 1 saturated heterocycles. The topological polar surface area (TPSA) is 60.1 Å². The van der Waals surface area contributed by atoms with Crippen LogP contribution in [0.3, 0.4) is 0 Å². The van der Waals surface area contributed by atoms with E-state index >= 15 is 0 Å². The van der Waals surface area contributed by atoms with Gasteiger partial charge in [0.1, 0.15) is 11.3 Å². The van der Waals surface area contributed by atoms with Gasteiger partial charge >= 0.3 is 0 Å². The van der Waals surface area contributed by atoms with Gasteiger partial charge in [0, 0.05) is 32.4 Å². The molecule has 0 amide bonds. The summed E-state index contributed by atoms with van der Waals surface area (Å²) in [6, 6.07) is 11.0. The fourth-order valence-corrected chi connectivity index (χ4v) is 4.48. The number of aromatic nitrogens is 3. The van der Waals surface area contributed by atoms with E-state index in [0.29, 0.717) is 6.04 Å². The van der Waals surface area contributed by atoms with Crippen LogP contribution in [0.25, 0.3) is 11.0 Å². The van der Waals surface area contributed by atoms with Gasteiger partial charge in [-0.15, -0.1) is 0 Å². The van der Waals surface area contributed by atoms with E-state index in [2.05, 4.69) is 56.4 Å². The molecule has 5 rings (SSSR count). The van der Waals surface area contributed by atoms with Crippen molar-refractivity contribution in [2.45, 2.75) is 31.8 Å². The van der Waals surface area contributed by atoms with Gasteiger partial charge in [-0.25, -0.2) is 4.98 Å². The first kappa shape index (κ1) is 17.6. The van der Waals surface area contributed by atoms with Crippen molar-refractivity contribution in [3.8, 4) is 0 Å². The number of rotatable bonds is 4. The molecule has 0 radical (unpaired) electrons. The molecule has 1 aliphatic carbocycles. The first-order chi connectivity index (χ1) is 13.8. The van der Waals surface area contributed by atoms with Gasteiger partial charge in [0.2, 0.25) is 0 Å². The zero-order valence-corrected chi connectivity index (χ0v) is 16.5. The number of fused-ring (bicyclic) bond motifs is 2. The lowest BCUT2D eigenvalue weighted by Gasteiger charge is -2.34. The molecule has 1 aromatic carbocycles. The monoisotopic (exact) mass is 376 g/mol. The average molecular weight is 377 g/mol. The van der Waals surface area contributed by atoms with Crippen molar-refractivity contribution in [2.75, 3.05) is 38.1 Å². The normalized spacial score (nSPS) is 20.5. The molecule has 1 fully saturated rings. The Bertz CT molecular complexity index is 957. The first-order valence-corrected chi connectivity index (χ1v) is 10.4. The lowest BCUT2D eigenvalue weighted by molar-refractivity contribution is 0.313. The van der Waals surface area contributed by atoms with Crippen LogP contribution in [0.2, 0.25) is 0 Å². The lowest BCUT2D eigenvalue weighted by Crippen LogP contribution is -2.44. The van der Waals surface area contributed by atoms with Gasteiger partial charge in [0.05, 0.1) is 29.5 Å². The summed E-state index contributed by atoms with van der Waals surface area (Å²) in [6.45, 7) is 5.05. The average Bonchev–Trinajstić information content (AvgIpc) is 3.16. The Morgan fingerprint density at radius 1 is 1.14 bits per heavy atom. The molecule has 28 heavy (non-hydrogen) atoms. The van der Waals surface area contributed by atoms with Crippen LogP contribution in [0.1, 0.15) is 36.0 Å². The third kappa shape index (κ3) is 3.38. The number of aryl methyl sites for hydroxylation is 1. The number of nitrogens with zero attached hydrogens (tertiary/aromatic N) is 4. The van der Waals surface area contributed by atoms with E-state index in [9.17, 15) is 0 Å². The third-order valence-corrected chi connectivity index (χ3v) is 6.10. The minimum atomic E-state index is 0.315. The predicted molar refractivity (Wildman–Crippen MR) is 113 cm³/mol. The molecule has 1 unspecified atom stereocenters. The maximum Gasteiger partial charge on any atom is 0.121 e. The minimum absolute atomic E-state index is 0.315. The van der Waals surface area contributed by atoms with Crippen molar-refractivity contribution in [3.63, 3.8) is 0 Å². The number of pyridine rings is 1. The van der Waals surface area contributed by atoms with Crippen LogP contribution >= 0.6 is 0 Å². The maximum absolute atomic E-state index is 4.95. The second kappa shape index (κ2) is 7.53. The summed E-state index contributed by atoms with van der Waals surface area (Å²) in [5.41, 5.74) is 6.05. The molecule has 0 saturated carbocycles. The molecule has 3 heterocycles. The molecule has 0 spiro atoms. The van der Waals surface area contributed by atoms with E-state index in [0.717, 1.165) is 62.4 Å². The van der Waals surface area contributed by atoms with Crippen LogP contribution in [0.4, 0.5) is 5.69 Å². The van der Waals surface area contributed by atoms with Gasteiger partial charge in [-0.05, 0) is 50.1 Å². The van der Waals surface area contributed by atoms with Crippen molar-refractivity contribution in [1.82, 2.24) is 25.2 Å². The number of anilines is 1. The standard InChI is InChI=1S/C22H28N6/c1-27-11-13-28(14-12-27)19-9-3-8-18-22(19)26-20(25-18)15-24-17-7-2-5-16-6-4-10-23-21(16)17/h3-4,6,8-10,17,24H,2,5,7,11-15H2,1H3,(H,25,26). The predicted octanol–water partition coefficient (Wildman–Crippen LogP) is 2.88. The number of nitrogens with one attached hydrogen (secondary N) is 2. The number of H-pyrrole nitrogens is 1. The van der Waals surface area contributed by atoms with Crippen LogP contribution in [0.15, 0.2) is 36.5 Å². The summed E-state index contributed by atoms with van der Waals surface area (Å²) in [7, 11) is 2.19. The number of benzene rings is 1. The van der Waals surface area contributed by atoms with Crippen molar-refractivity contribution in [2.24, 2.45) is 0 Å². The molecule has 2 aromatic heterocycles. The SMILES string of the molecule is CN1CCN(c2cccc3[nH]c(CNC4CCCc5cccnc54)nc23)CC1. The molecular weight excluding hydrogens is 348 g/mol. The maximum atomic E-state index is 4.95. The molecule has 1 aliphatic heterocycles. The quantitative estimate of drug-likeness (QED) is 0.733. The van der Waals surface area contributed by atoms with E-state index in [-0.39, 0.29) is 0 Å². The fraction of sp³-hybridized carbons (Fsp3) is 0.455. The number of likely N-dealkylation sites (N-methyl/N-ethyl adjacent to an activating group) is 1.